The van der Waals surface area contributed by atoms with Crippen molar-refractivity contribution in [2.75, 3.05) is 6.54 Å². The van der Waals surface area contributed by atoms with Crippen LogP contribution in [0.25, 0.3) is 0 Å². The predicted molar refractivity (Wildman–Crippen MR) is 78.6 cm³/mol. The number of hydrogen-bond acceptors (Lipinski definition) is 3. The van der Waals surface area contributed by atoms with Gasteiger partial charge >= 0.3 is 0 Å². The molecule has 19 heavy (non-hydrogen) atoms. The van der Waals surface area contributed by atoms with Crippen molar-refractivity contribution in [2.45, 2.75) is 51.6 Å². The molecule has 0 bridgehead atoms. The van der Waals surface area contributed by atoms with E-state index in [0.717, 1.165) is 17.7 Å². The Morgan fingerprint density at radius 1 is 1.21 bits per heavy atom. The van der Waals surface area contributed by atoms with Crippen molar-refractivity contribution in [2.24, 2.45) is 0 Å². The highest BCUT2D eigenvalue weighted by Gasteiger charge is 2.23. The highest BCUT2D eigenvalue weighted by Crippen LogP contribution is 2.19. The van der Waals surface area contributed by atoms with Gasteiger partial charge in [-0.15, -0.1) is 0 Å². The van der Waals surface area contributed by atoms with Gasteiger partial charge in [0.1, 0.15) is 0 Å². The van der Waals surface area contributed by atoms with Gasteiger partial charge < -0.3 is 5.32 Å². The van der Waals surface area contributed by atoms with Crippen LogP contribution in [0.5, 0.6) is 0 Å². The quantitative estimate of drug-likeness (QED) is 0.871. The van der Waals surface area contributed by atoms with Crippen molar-refractivity contribution in [3.8, 4) is 0 Å². The number of benzene rings is 1. The minimum atomic E-state index is -3.47. The van der Waals surface area contributed by atoms with Crippen molar-refractivity contribution < 1.29 is 8.42 Å². The molecule has 1 aromatic carbocycles. The molecule has 0 heterocycles. The van der Waals surface area contributed by atoms with Crippen LogP contribution >= 0.6 is 0 Å². The number of aryl methyl sites for hydroxylation is 1. The van der Waals surface area contributed by atoms with Crippen molar-refractivity contribution in [3.05, 3.63) is 29.3 Å². The second-order valence-corrected chi connectivity index (χ2v) is 7.39. The molecule has 0 fully saturated rings. The number of sulfonamides is 1. The number of nitrogens with one attached hydrogen (secondary N) is 2. The molecule has 0 atom stereocenters. The normalized spacial score (nSPS) is 12.7. The van der Waals surface area contributed by atoms with Crippen LogP contribution in [0.15, 0.2) is 23.1 Å². The first-order valence-corrected chi connectivity index (χ1v) is 7.98. The Hall–Kier alpha value is -0.910. The van der Waals surface area contributed by atoms with Crippen molar-refractivity contribution in [1.82, 2.24) is 10.0 Å². The topological polar surface area (TPSA) is 58.2 Å². The minimum Gasteiger partial charge on any atom is -0.313 e. The molecule has 0 saturated carbocycles. The number of hydrogen-bond donors (Lipinski definition) is 2. The van der Waals surface area contributed by atoms with Gasteiger partial charge in [0.25, 0.3) is 0 Å². The zero-order chi connectivity index (χ0) is 14.7. The van der Waals surface area contributed by atoms with Crippen molar-refractivity contribution in [3.63, 3.8) is 0 Å². The molecule has 5 heteroatoms. The second-order valence-electron chi connectivity index (χ2n) is 5.74. The van der Waals surface area contributed by atoms with E-state index in [1.165, 1.54) is 0 Å². The van der Waals surface area contributed by atoms with E-state index in [2.05, 4.69) is 10.0 Å². The summed E-state index contributed by atoms with van der Waals surface area (Å²) in [6, 6.07) is 5.55. The van der Waals surface area contributed by atoms with Gasteiger partial charge in [-0.05, 0) is 51.4 Å². The summed E-state index contributed by atoms with van der Waals surface area (Å²) in [5.41, 5.74) is 1.25. The molecule has 4 nitrogen and oxygen atoms in total. The summed E-state index contributed by atoms with van der Waals surface area (Å²) >= 11 is 0. The van der Waals surface area contributed by atoms with Gasteiger partial charge in [-0.2, -0.15) is 0 Å². The Labute approximate surface area is 116 Å². The molecule has 1 aromatic rings. The van der Waals surface area contributed by atoms with E-state index in [1.807, 2.05) is 46.8 Å². The number of rotatable bonds is 5. The Kier molecular flexibility index (Phi) is 5.12. The molecule has 0 saturated heterocycles. The molecule has 2 N–H and O–H groups in total. The lowest BCUT2D eigenvalue weighted by atomic mass is 10.1. The lowest BCUT2D eigenvalue weighted by Crippen LogP contribution is -2.40. The van der Waals surface area contributed by atoms with Crippen LogP contribution in [-0.4, -0.2) is 20.5 Å². The molecule has 0 amide bonds. The minimum absolute atomic E-state index is 0.359. The summed E-state index contributed by atoms with van der Waals surface area (Å²) in [5, 5.41) is 3.20. The molecule has 1 rings (SSSR count). The fourth-order valence-corrected chi connectivity index (χ4v) is 3.49. The zero-order valence-electron chi connectivity index (χ0n) is 12.4. The van der Waals surface area contributed by atoms with E-state index in [-0.39, 0.29) is 0 Å². The smallest absolute Gasteiger partial charge is 0.241 e. The zero-order valence-corrected chi connectivity index (χ0v) is 13.2. The Balaban J connectivity index is 3.11. The first-order valence-electron chi connectivity index (χ1n) is 6.50. The lowest BCUT2D eigenvalue weighted by Gasteiger charge is -2.21. The van der Waals surface area contributed by atoms with E-state index in [4.69, 9.17) is 0 Å². The molecular formula is C14H24N2O2S. The Bertz CT molecular complexity index is 531. The molecule has 0 unspecified atom stereocenters. The van der Waals surface area contributed by atoms with Crippen LogP contribution in [0.4, 0.5) is 0 Å². The van der Waals surface area contributed by atoms with Crippen LogP contribution in [0.3, 0.4) is 0 Å². The Morgan fingerprint density at radius 2 is 1.84 bits per heavy atom. The average molecular weight is 284 g/mol. The fraction of sp³-hybridized carbons (Fsp3) is 0.571. The maximum atomic E-state index is 12.4. The summed E-state index contributed by atoms with van der Waals surface area (Å²) in [6.07, 6.45) is 0. The predicted octanol–water partition coefficient (Wildman–Crippen LogP) is 2.18. The maximum Gasteiger partial charge on any atom is 0.241 e. The van der Waals surface area contributed by atoms with Gasteiger partial charge in [0.2, 0.25) is 10.0 Å². The summed E-state index contributed by atoms with van der Waals surface area (Å²) in [6.45, 7) is 10.9. The highest BCUT2D eigenvalue weighted by atomic mass is 32.2. The monoisotopic (exact) mass is 284 g/mol. The van der Waals surface area contributed by atoms with E-state index >= 15 is 0 Å². The van der Waals surface area contributed by atoms with Crippen LogP contribution in [0.2, 0.25) is 0 Å². The molecule has 0 aliphatic rings. The van der Waals surface area contributed by atoms with E-state index in [0.29, 0.717) is 11.4 Å². The van der Waals surface area contributed by atoms with Gasteiger partial charge in [-0.1, -0.05) is 19.1 Å². The van der Waals surface area contributed by atoms with Gasteiger partial charge in [0, 0.05) is 12.1 Å². The summed E-state index contributed by atoms with van der Waals surface area (Å²) in [4.78, 5) is 0.359. The fourth-order valence-electron chi connectivity index (χ4n) is 1.77. The van der Waals surface area contributed by atoms with Gasteiger partial charge in [-0.3, -0.25) is 0 Å². The summed E-state index contributed by atoms with van der Waals surface area (Å²) in [5.74, 6) is 0. The third-order valence-electron chi connectivity index (χ3n) is 2.56. The Morgan fingerprint density at radius 3 is 2.37 bits per heavy atom. The van der Waals surface area contributed by atoms with E-state index in [1.54, 1.807) is 6.07 Å². The van der Waals surface area contributed by atoms with Crippen LogP contribution < -0.4 is 10.0 Å². The van der Waals surface area contributed by atoms with Crippen molar-refractivity contribution >= 4 is 10.0 Å². The molecule has 0 spiro atoms. The summed E-state index contributed by atoms with van der Waals surface area (Å²) in [7, 11) is -3.47. The first-order chi connectivity index (χ1) is 8.65. The van der Waals surface area contributed by atoms with Crippen LogP contribution in [0, 0.1) is 6.92 Å². The molecule has 0 aliphatic heterocycles. The third-order valence-corrected chi connectivity index (χ3v) is 4.46. The largest absolute Gasteiger partial charge is 0.313 e. The van der Waals surface area contributed by atoms with Crippen molar-refractivity contribution in [1.29, 1.82) is 0 Å². The standard InChI is InChI=1S/C14H24N2O2S/c1-6-15-10-12-8-7-11(2)13(9-12)19(17,18)16-14(3,4)5/h7-9,15-16H,6,10H2,1-5H3. The van der Waals surface area contributed by atoms with Gasteiger partial charge in [0.15, 0.2) is 0 Å². The first kappa shape index (κ1) is 16.1. The highest BCUT2D eigenvalue weighted by molar-refractivity contribution is 7.89. The van der Waals surface area contributed by atoms with E-state index < -0.39 is 15.6 Å². The van der Waals surface area contributed by atoms with Crippen LogP contribution in [-0.2, 0) is 16.6 Å². The average Bonchev–Trinajstić information content (AvgIpc) is 2.24. The second kappa shape index (κ2) is 6.03. The van der Waals surface area contributed by atoms with Gasteiger partial charge in [-0.25, -0.2) is 13.1 Å². The van der Waals surface area contributed by atoms with E-state index in [9.17, 15) is 8.42 Å². The lowest BCUT2D eigenvalue weighted by molar-refractivity contribution is 0.491. The maximum absolute atomic E-state index is 12.4. The van der Waals surface area contributed by atoms with Gasteiger partial charge in [0.05, 0.1) is 4.90 Å². The molecule has 108 valence electrons. The molecule has 0 aromatic heterocycles. The third kappa shape index (κ3) is 4.93. The SMILES string of the molecule is CCNCc1ccc(C)c(S(=O)(=O)NC(C)(C)C)c1. The molecular weight excluding hydrogens is 260 g/mol. The summed E-state index contributed by atoms with van der Waals surface area (Å²) < 4.78 is 27.4. The molecule has 0 radical (unpaired) electrons. The van der Waals surface area contributed by atoms with Crippen LogP contribution in [0.1, 0.15) is 38.8 Å². The molecule has 0 aliphatic carbocycles.